The Bertz CT molecular complexity index is 677. The molecule has 1 amide bonds. The molecule has 5 heteroatoms. The van der Waals surface area contributed by atoms with Crippen LogP contribution in [-0.2, 0) is 4.79 Å². The zero-order chi connectivity index (χ0) is 15.2. The van der Waals surface area contributed by atoms with Crippen molar-refractivity contribution in [2.24, 2.45) is 0 Å². The molecule has 0 atom stereocenters. The second kappa shape index (κ2) is 6.91. The highest BCUT2D eigenvalue weighted by atomic mass is 79.9. The lowest BCUT2D eigenvalue weighted by Crippen LogP contribution is -2.30. The topological polar surface area (TPSA) is 56.1 Å². The minimum absolute atomic E-state index is 0.109. The number of carbonyl (C=O) groups excluding carboxylic acids is 1. The van der Waals surface area contributed by atoms with Crippen LogP contribution in [0.15, 0.2) is 53.0 Å². The number of hydrogen-bond acceptors (Lipinski definition) is 3. The van der Waals surface area contributed by atoms with Crippen LogP contribution < -0.4 is 10.2 Å². The number of likely N-dealkylation sites (N-methyl/N-ethyl adjacent to an activating group) is 1. The fraction of sp³-hybridized carbons (Fsp3) is 0.125. The normalized spacial score (nSPS) is 9.76. The number of nitrogens with one attached hydrogen (secondary N) is 1. The number of nitrogens with zero attached hydrogens (tertiary/aromatic N) is 2. The van der Waals surface area contributed by atoms with Gasteiger partial charge in [-0.05, 0) is 42.5 Å². The van der Waals surface area contributed by atoms with E-state index in [0.717, 1.165) is 15.8 Å². The first-order valence-electron chi connectivity index (χ1n) is 6.35. The lowest BCUT2D eigenvalue weighted by atomic mass is 10.2. The number of anilines is 2. The number of amides is 1. The average Bonchev–Trinajstić information content (AvgIpc) is 2.49. The van der Waals surface area contributed by atoms with Crippen molar-refractivity contribution in [2.45, 2.75) is 0 Å². The van der Waals surface area contributed by atoms with E-state index in [9.17, 15) is 4.79 Å². The maximum absolute atomic E-state index is 12.0. The molecule has 21 heavy (non-hydrogen) atoms. The standard InChI is InChI=1S/C16H14BrN3O/c1-20(15-4-2-3-12(9-15)10-18)11-16(21)19-14-7-5-13(17)6-8-14/h2-9H,11H2,1H3,(H,19,21). The van der Waals surface area contributed by atoms with Crippen LogP contribution in [0.3, 0.4) is 0 Å². The van der Waals surface area contributed by atoms with Crippen molar-refractivity contribution in [3.8, 4) is 6.07 Å². The first-order chi connectivity index (χ1) is 10.1. The van der Waals surface area contributed by atoms with Gasteiger partial charge in [-0.2, -0.15) is 5.26 Å². The van der Waals surface area contributed by atoms with E-state index in [-0.39, 0.29) is 12.5 Å². The average molecular weight is 344 g/mol. The lowest BCUT2D eigenvalue weighted by Gasteiger charge is -2.19. The molecule has 0 unspecified atom stereocenters. The Balaban J connectivity index is 1.98. The highest BCUT2D eigenvalue weighted by Gasteiger charge is 2.08. The summed E-state index contributed by atoms with van der Waals surface area (Å²) in [4.78, 5) is 13.8. The van der Waals surface area contributed by atoms with E-state index < -0.39 is 0 Å². The Morgan fingerprint density at radius 2 is 2.00 bits per heavy atom. The van der Waals surface area contributed by atoms with Crippen LogP contribution in [0, 0.1) is 11.3 Å². The SMILES string of the molecule is CN(CC(=O)Nc1ccc(Br)cc1)c1cccc(C#N)c1. The summed E-state index contributed by atoms with van der Waals surface area (Å²) in [5.74, 6) is -0.109. The van der Waals surface area contributed by atoms with Gasteiger partial charge in [0.25, 0.3) is 0 Å². The minimum Gasteiger partial charge on any atom is -0.365 e. The third-order valence-electron chi connectivity index (χ3n) is 2.92. The summed E-state index contributed by atoms with van der Waals surface area (Å²) < 4.78 is 0.964. The van der Waals surface area contributed by atoms with E-state index >= 15 is 0 Å². The van der Waals surface area contributed by atoms with Gasteiger partial charge < -0.3 is 10.2 Å². The summed E-state index contributed by atoms with van der Waals surface area (Å²) in [5.41, 5.74) is 2.16. The molecule has 106 valence electrons. The first kappa shape index (κ1) is 15.1. The van der Waals surface area contributed by atoms with Crippen LogP contribution >= 0.6 is 15.9 Å². The molecule has 2 rings (SSSR count). The van der Waals surface area contributed by atoms with E-state index in [1.54, 1.807) is 23.1 Å². The van der Waals surface area contributed by atoms with Gasteiger partial charge >= 0.3 is 0 Å². The van der Waals surface area contributed by atoms with Crippen LogP contribution in [0.5, 0.6) is 0 Å². The summed E-state index contributed by atoms with van der Waals surface area (Å²) in [7, 11) is 1.82. The second-order valence-corrected chi connectivity index (χ2v) is 5.49. The van der Waals surface area contributed by atoms with Gasteiger partial charge in [-0.25, -0.2) is 0 Å². The fourth-order valence-electron chi connectivity index (χ4n) is 1.85. The maximum atomic E-state index is 12.0. The van der Waals surface area contributed by atoms with Gasteiger partial charge in [0.2, 0.25) is 5.91 Å². The Labute approximate surface area is 132 Å². The molecule has 0 aliphatic carbocycles. The number of carbonyl (C=O) groups is 1. The van der Waals surface area contributed by atoms with E-state index in [2.05, 4.69) is 27.3 Å². The van der Waals surface area contributed by atoms with Crippen LogP contribution in [-0.4, -0.2) is 19.5 Å². The van der Waals surface area contributed by atoms with Gasteiger partial charge in [-0.15, -0.1) is 0 Å². The summed E-state index contributed by atoms with van der Waals surface area (Å²) in [5, 5.41) is 11.7. The van der Waals surface area contributed by atoms with Crippen LogP contribution in [0.25, 0.3) is 0 Å². The predicted molar refractivity (Wildman–Crippen MR) is 87.2 cm³/mol. The monoisotopic (exact) mass is 343 g/mol. The van der Waals surface area contributed by atoms with E-state index in [1.807, 2.05) is 37.4 Å². The number of hydrogen-bond donors (Lipinski definition) is 1. The smallest absolute Gasteiger partial charge is 0.243 e. The first-order valence-corrected chi connectivity index (χ1v) is 7.14. The van der Waals surface area contributed by atoms with Gasteiger partial charge in [0, 0.05) is 22.9 Å². The van der Waals surface area contributed by atoms with Crippen molar-refractivity contribution in [1.29, 1.82) is 5.26 Å². The molecule has 4 nitrogen and oxygen atoms in total. The van der Waals surface area contributed by atoms with Crippen molar-refractivity contribution >= 4 is 33.2 Å². The Kier molecular flexibility index (Phi) is 4.96. The largest absolute Gasteiger partial charge is 0.365 e. The third-order valence-corrected chi connectivity index (χ3v) is 3.45. The molecule has 0 heterocycles. The molecular weight excluding hydrogens is 330 g/mol. The Morgan fingerprint density at radius 1 is 1.29 bits per heavy atom. The molecule has 0 radical (unpaired) electrons. The number of nitriles is 1. The van der Waals surface area contributed by atoms with Crippen LogP contribution in [0.2, 0.25) is 0 Å². The van der Waals surface area contributed by atoms with Crippen LogP contribution in [0.1, 0.15) is 5.56 Å². The van der Waals surface area contributed by atoms with E-state index in [1.165, 1.54) is 0 Å². The lowest BCUT2D eigenvalue weighted by molar-refractivity contribution is -0.114. The molecule has 0 aromatic heterocycles. The van der Waals surface area contributed by atoms with Crippen LogP contribution in [0.4, 0.5) is 11.4 Å². The van der Waals surface area contributed by atoms with Crippen molar-refractivity contribution in [2.75, 3.05) is 23.8 Å². The number of rotatable bonds is 4. The number of benzene rings is 2. The van der Waals surface area contributed by atoms with Gasteiger partial charge in [0.1, 0.15) is 0 Å². The molecule has 2 aromatic carbocycles. The zero-order valence-electron chi connectivity index (χ0n) is 11.5. The van der Waals surface area contributed by atoms with E-state index in [4.69, 9.17) is 5.26 Å². The number of halogens is 1. The van der Waals surface area contributed by atoms with Gasteiger partial charge in [0.15, 0.2) is 0 Å². The molecule has 0 fully saturated rings. The van der Waals surface area contributed by atoms with Crippen molar-refractivity contribution in [3.63, 3.8) is 0 Å². The Hall–Kier alpha value is -2.32. The highest BCUT2D eigenvalue weighted by molar-refractivity contribution is 9.10. The summed E-state index contributed by atoms with van der Waals surface area (Å²) >= 11 is 3.35. The molecule has 2 aromatic rings. The molecule has 0 spiro atoms. The van der Waals surface area contributed by atoms with Crippen molar-refractivity contribution < 1.29 is 4.79 Å². The molecule has 0 saturated carbocycles. The third kappa shape index (κ3) is 4.33. The molecule has 1 N–H and O–H groups in total. The maximum Gasteiger partial charge on any atom is 0.243 e. The zero-order valence-corrected chi connectivity index (χ0v) is 13.1. The molecular formula is C16H14BrN3O. The Morgan fingerprint density at radius 3 is 2.67 bits per heavy atom. The van der Waals surface area contributed by atoms with E-state index in [0.29, 0.717) is 5.56 Å². The minimum atomic E-state index is -0.109. The summed E-state index contributed by atoms with van der Waals surface area (Å²) in [6, 6.07) is 16.7. The molecule has 0 saturated heterocycles. The molecule has 0 aliphatic heterocycles. The summed E-state index contributed by atoms with van der Waals surface area (Å²) in [6.07, 6.45) is 0. The van der Waals surface area contributed by atoms with Crippen molar-refractivity contribution in [3.05, 3.63) is 58.6 Å². The fourth-order valence-corrected chi connectivity index (χ4v) is 2.12. The van der Waals surface area contributed by atoms with Gasteiger partial charge in [0.05, 0.1) is 18.2 Å². The second-order valence-electron chi connectivity index (χ2n) is 4.57. The predicted octanol–water partition coefficient (Wildman–Crippen LogP) is 3.40. The van der Waals surface area contributed by atoms with Crippen molar-refractivity contribution in [1.82, 2.24) is 0 Å². The summed E-state index contributed by atoms with van der Waals surface area (Å²) in [6.45, 7) is 0.213. The quantitative estimate of drug-likeness (QED) is 0.925. The highest BCUT2D eigenvalue weighted by Crippen LogP contribution is 2.16. The molecule has 0 aliphatic rings. The molecule has 0 bridgehead atoms. The van der Waals surface area contributed by atoms with Gasteiger partial charge in [-0.1, -0.05) is 22.0 Å². The van der Waals surface area contributed by atoms with Gasteiger partial charge in [-0.3, -0.25) is 4.79 Å².